The molecule has 1 aliphatic heterocycles. The number of rotatable bonds is 6. The topological polar surface area (TPSA) is 179 Å². The minimum absolute atomic E-state index is 0. The molecule has 12 heteroatoms. The van der Waals surface area contributed by atoms with Gasteiger partial charge in [0.15, 0.2) is 11.4 Å². The van der Waals surface area contributed by atoms with Gasteiger partial charge in [0, 0.05) is 5.56 Å². The monoisotopic (exact) mass is 683 g/mol. The van der Waals surface area contributed by atoms with Crippen molar-refractivity contribution in [2.24, 2.45) is 10.2 Å². The summed E-state index contributed by atoms with van der Waals surface area (Å²) in [6, 6.07) is 18.7. The molecule has 0 unspecified atom stereocenters. The maximum Gasteiger partial charge on any atom is 0.348 e. The lowest BCUT2D eigenvalue weighted by molar-refractivity contribution is 0.157. The van der Waals surface area contributed by atoms with Crippen LogP contribution in [0.3, 0.4) is 0 Å². The van der Waals surface area contributed by atoms with E-state index in [1.54, 1.807) is 24.3 Å². The first-order valence-corrected chi connectivity index (χ1v) is 15.1. The second-order valence-electron chi connectivity index (χ2n) is 11.8. The normalized spacial score (nSPS) is 12.7. The minimum atomic E-state index is -0.694. The fourth-order valence-corrected chi connectivity index (χ4v) is 5.07. The molecule has 0 atom stereocenters. The summed E-state index contributed by atoms with van der Waals surface area (Å²) in [5, 5.41) is 29.2. The predicted molar refractivity (Wildman–Crippen MR) is 196 cm³/mol. The average Bonchev–Trinajstić information content (AvgIpc) is 3.04. The minimum Gasteiger partial charge on any atom is -0.508 e. The number of pyridine rings is 1. The van der Waals surface area contributed by atoms with Gasteiger partial charge in [-0.2, -0.15) is 5.11 Å². The van der Waals surface area contributed by atoms with Gasteiger partial charge >= 0.3 is 5.63 Å². The van der Waals surface area contributed by atoms with Crippen molar-refractivity contribution in [2.75, 3.05) is 18.6 Å². The molecule has 0 amide bonds. The quantitative estimate of drug-likeness (QED) is 0.0774. The second-order valence-corrected chi connectivity index (χ2v) is 11.8. The third-order valence-electron chi connectivity index (χ3n) is 7.41. The lowest BCUT2D eigenvalue weighted by Gasteiger charge is -2.31. The van der Waals surface area contributed by atoms with E-state index in [1.807, 2.05) is 70.2 Å². The Bertz CT molecular complexity index is 2120. The van der Waals surface area contributed by atoms with E-state index in [1.165, 1.54) is 19.2 Å². The molecule has 2 aromatic heterocycles. The van der Waals surface area contributed by atoms with Crippen molar-refractivity contribution >= 4 is 52.5 Å². The van der Waals surface area contributed by atoms with Crippen LogP contribution < -0.4 is 26.6 Å². The van der Waals surface area contributed by atoms with Crippen molar-refractivity contribution in [3.05, 3.63) is 106 Å². The zero-order valence-electron chi connectivity index (χ0n) is 27.7. The second kappa shape index (κ2) is 15.0. The van der Waals surface area contributed by atoms with Gasteiger partial charge in [0.2, 0.25) is 0 Å². The zero-order valence-corrected chi connectivity index (χ0v) is 28.5. The molecule has 254 valence electrons. The molecule has 0 saturated heterocycles. The first kappa shape index (κ1) is 36.0. The molecule has 1 aliphatic rings. The molecule has 0 fully saturated rings. The molecule has 0 aliphatic carbocycles. The number of aromatic nitrogens is 1. The van der Waals surface area contributed by atoms with Gasteiger partial charge in [0.1, 0.15) is 51.1 Å². The molecule has 0 spiro atoms. The number of nitrogens with two attached hydrogens (primary N) is 2. The lowest BCUT2D eigenvalue weighted by atomic mass is 9.93. The van der Waals surface area contributed by atoms with Crippen LogP contribution in [-0.4, -0.2) is 27.9 Å². The number of anilines is 2. The Hall–Kier alpha value is -5.81. The number of azo groups is 1. The number of hydrogen-bond acceptors (Lipinski definition) is 11. The number of aromatic hydroxyl groups is 2. The number of halogens is 1. The van der Waals surface area contributed by atoms with Gasteiger partial charge in [-0.15, -0.1) is 17.5 Å². The molecule has 6 rings (SSSR count). The van der Waals surface area contributed by atoms with E-state index in [4.69, 9.17) is 25.4 Å². The SMILES string of the molecule is COc1c(CC=C(C)C)c2c(c3oc(=O)c(-c4ccc(O)cc4)c(O)c13)C=CC(C)(C)O2.Cl.Nc1ccc(N=Nc2ccccc2)c(N)n1. The Morgan fingerprint density at radius 2 is 1.69 bits per heavy atom. The molecule has 11 nitrogen and oxygen atoms in total. The van der Waals surface area contributed by atoms with Crippen molar-refractivity contribution in [1.82, 2.24) is 4.98 Å². The van der Waals surface area contributed by atoms with Crippen LogP contribution in [0, 0.1) is 0 Å². The molecule has 49 heavy (non-hydrogen) atoms. The number of fused-ring (bicyclic) bond motifs is 3. The van der Waals surface area contributed by atoms with Gasteiger partial charge in [-0.3, -0.25) is 0 Å². The standard InChI is InChI=1S/C26H26O6.C11H11N5.ClH/c1-14(2)6-11-17-22-18(12-13-26(3,4)32-22)24-20(23(17)30-5)21(28)19(25(29)31-24)15-7-9-16(27)10-8-15;12-10-7-6-9(11(13)14-10)16-15-8-4-2-1-3-5-8;/h6-10,12-13,27-28H,11H2,1-5H3;1-7H,(H4,12,13,14);1H. The van der Waals surface area contributed by atoms with Gasteiger partial charge < -0.3 is 35.6 Å². The van der Waals surface area contributed by atoms with Crippen LogP contribution in [0.5, 0.6) is 23.0 Å². The number of phenolic OH excluding ortho intramolecular Hbond substituents is 1. The van der Waals surface area contributed by atoms with E-state index in [0.29, 0.717) is 45.9 Å². The average molecular weight is 684 g/mol. The summed E-state index contributed by atoms with van der Waals surface area (Å²) in [6.07, 6.45) is 6.31. The molecule has 3 heterocycles. The maximum atomic E-state index is 12.9. The van der Waals surface area contributed by atoms with Gasteiger partial charge in [0.05, 0.1) is 18.4 Å². The van der Waals surface area contributed by atoms with E-state index < -0.39 is 11.2 Å². The third kappa shape index (κ3) is 8.02. The number of nitrogen functional groups attached to an aromatic ring is 2. The molecule has 0 radical (unpaired) electrons. The fourth-order valence-electron chi connectivity index (χ4n) is 5.07. The largest absolute Gasteiger partial charge is 0.508 e. The molecule has 3 aromatic carbocycles. The number of allylic oxidation sites excluding steroid dienone is 2. The first-order chi connectivity index (χ1) is 22.9. The van der Waals surface area contributed by atoms with Crippen molar-refractivity contribution in [3.63, 3.8) is 0 Å². The maximum absolute atomic E-state index is 12.9. The Morgan fingerprint density at radius 1 is 1.00 bits per heavy atom. The van der Waals surface area contributed by atoms with Crippen molar-refractivity contribution < 1.29 is 24.1 Å². The molecule has 0 saturated carbocycles. The summed E-state index contributed by atoms with van der Waals surface area (Å²) in [4.78, 5) is 16.8. The Morgan fingerprint density at radius 3 is 2.33 bits per heavy atom. The summed E-state index contributed by atoms with van der Waals surface area (Å²) in [5.74, 6) is 1.43. The van der Waals surface area contributed by atoms with Crippen LogP contribution in [0.25, 0.3) is 28.2 Å². The Labute approximate surface area is 289 Å². The highest BCUT2D eigenvalue weighted by molar-refractivity contribution is 6.02. The van der Waals surface area contributed by atoms with E-state index in [0.717, 1.165) is 16.8 Å². The predicted octanol–water partition coefficient (Wildman–Crippen LogP) is 8.66. The number of ether oxygens (including phenoxy) is 2. The van der Waals surface area contributed by atoms with Crippen LogP contribution in [0.2, 0.25) is 0 Å². The summed E-state index contributed by atoms with van der Waals surface area (Å²) in [5.41, 5.74) is 14.2. The number of nitrogens with zero attached hydrogens (tertiary/aromatic N) is 3. The summed E-state index contributed by atoms with van der Waals surface area (Å²) in [6.45, 7) is 7.89. The van der Waals surface area contributed by atoms with Crippen LogP contribution in [0.15, 0.2) is 104 Å². The molecule has 5 aromatic rings. The third-order valence-corrected chi connectivity index (χ3v) is 7.41. The molecular formula is C37H38ClN5O6. The van der Waals surface area contributed by atoms with Crippen molar-refractivity contribution in [2.45, 2.75) is 39.7 Å². The molecule has 0 bridgehead atoms. The highest BCUT2D eigenvalue weighted by Gasteiger charge is 2.32. The summed E-state index contributed by atoms with van der Waals surface area (Å²) < 4.78 is 17.8. The summed E-state index contributed by atoms with van der Waals surface area (Å²) in [7, 11) is 1.52. The highest BCUT2D eigenvalue weighted by Crippen LogP contribution is 2.49. The smallest absolute Gasteiger partial charge is 0.348 e. The van der Waals surface area contributed by atoms with Gasteiger partial charge in [0.25, 0.3) is 0 Å². The van der Waals surface area contributed by atoms with E-state index in [9.17, 15) is 15.0 Å². The van der Waals surface area contributed by atoms with Crippen LogP contribution >= 0.6 is 12.4 Å². The van der Waals surface area contributed by atoms with Gasteiger partial charge in [-0.25, -0.2) is 9.78 Å². The molecule has 6 N–H and O–H groups in total. The van der Waals surface area contributed by atoms with Crippen LogP contribution in [0.1, 0.15) is 38.8 Å². The lowest BCUT2D eigenvalue weighted by Crippen LogP contribution is -2.28. The van der Waals surface area contributed by atoms with Gasteiger partial charge in [-0.1, -0.05) is 42.0 Å². The number of benzene rings is 3. The van der Waals surface area contributed by atoms with Crippen molar-refractivity contribution in [3.8, 4) is 34.1 Å². The first-order valence-electron chi connectivity index (χ1n) is 15.1. The fraction of sp³-hybridized carbons (Fsp3) is 0.189. The van der Waals surface area contributed by atoms with Crippen LogP contribution in [-0.2, 0) is 6.42 Å². The van der Waals surface area contributed by atoms with Crippen molar-refractivity contribution in [1.29, 1.82) is 0 Å². The number of phenols is 1. The van der Waals surface area contributed by atoms with Crippen LogP contribution in [0.4, 0.5) is 23.0 Å². The van der Waals surface area contributed by atoms with E-state index >= 15 is 0 Å². The number of hydrogen-bond donors (Lipinski definition) is 4. The summed E-state index contributed by atoms with van der Waals surface area (Å²) >= 11 is 0. The van der Waals surface area contributed by atoms with E-state index in [2.05, 4.69) is 21.3 Å². The highest BCUT2D eigenvalue weighted by atomic mass is 35.5. The zero-order chi connectivity index (χ0) is 34.6. The number of methoxy groups -OCH3 is 1. The Balaban J connectivity index is 0.000000268. The molecular weight excluding hydrogens is 646 g/mol. The van der Waals surface area contributed by atoms with E-state index in [-0.39, 0.29) is 40.9 Å². The Kier molecular flexibility index (Phi) is 11.0. The van der Waals surface area contributed by atoms with Gasteiger partial charge in [-0.05, 0) is 88.2 Å².